The van der Waals surface area contributed by atoms with Gasteiger partial charge < -0.3 is 9.84 Å². The van der Waals surface area contributed by atoms with E-state index < -0.39 is 15.9 Å². The van der Waals surface area contributed by atoms with Gasteiger partial charge in [0.05, 0.1) is 23.8 Å². The van der Waals surface area contributed by atoms with E-state index in [0.717, 1.165) is 4.68 Å². The molecular weight excluding hydrogens is 430 g/mol. The van der Waals surface area contributed by atoms with Gasteiger partial charge in [0.15, 0.2) is 0 Å². The SMILES string of the molecule is O=C(c1cccc(S(=O)(=O)N2CCOCC2)c1)n1ccc(-c2cc(Cl)ccc2O)n1. The Bertz CT molecular complexity index is 1200. The average molecular weight is 448 g/mol. The van der Waals surface area contributed by atoms with E-state index in [0.29, 0.717) is 29.5 Å². The predicted molar refractivity (Wildman–Crippen MR) is 110 cm³/mol. The molecule has 3 aromatic rings. The lowest BCUT2D eigenvalue weighted by Crippen LogP contribution is -2.40. The van der Waals surface area contributed by atoms with E-state index in [4.69, 9.17) is 16.3 Å². The maximum Gasteiger partial charge on any atom is 0.278 e. The molecule has 0 atom stereocenters. The Balaban J connectivity index is 1.63. The minimum atomic E-state index is -3.72. The minimum Gasteiger partial charge on any atom is -0.507 e. The Kier molecular flexibility index (Phi) is 5.61. The molecule has 10 heteroatoms. The lowest BCUT2D eigenvalue weighted by atomic mass is 10.1. The van der Waals surface area contributed by atoms with Gasteiger partial charge in [0.1, 0.15) is 5.75 Å². The Morgan fingerprint density at radius 1 is 1.10 bits per heavy atom. The molecule has 2 aromatic carbocycles. The number of phenols is 1. The fourth-order valence-corrected chi connectivity index (χ4v) is 4.78. The van der Waals surface area contributed by atoms with Gasteiger partial charge in [-0.25, -0.2) is 13.1 Å². The molecule has 1 fully saturated rings. The number of aromatic hydroxyl groups is 1. The molecule has 0 spiro atoms. The molecule has 0 unspecified atom stereocenters. The van der Waals surface area contributed by atoms with Crippen LogP contribution < -0.4 is 0 Å². The lowest BCUT2D eigenvalue weighted by Gasteiger charge is -2.26. The highest BCUT2D eigenvalue weighted by Crippen LogP contribution is 2.30. The van der Waals surface area contributed by atoms with Gasteiger partial charge in [-0.3, -0.25) is 4.79 Å². The Morgan fingerprint density at radius 3 is 2.63 bits per heavy atom. The molecular formula is C20H18ClN3O5S. The van der Waals surface area contributed by atoms with Gasteiger partial charge in [0.2, 0.25) is 10.0 Å². The second-order valence-corrected chi connectivity index (χ2v) is 9.03. The van der Waals surface area contributed by atoms with E-state index in [1.54, 1.807) is 18.2 Å². The van der Waals surface area contributed by atoms with Gasteiger partial charge in [-0.1, -0.05) is 17.7 Å². The van der Waals surface area contributed by atoms with Crippen molar-refractivity contribution in [1.82, 2.24) is 14.1 Å². The fraction of sp³-hybridized carbons (Fsp3) is 0.200. The van der Waals surface area contributed by atoms with Gasteiger partial charge in [0.25, 0.3) is 5.91 Å². The number of rotatable bonds is 4. The second-order valence-electron chi connectivity index (χ2n) is 6.66. The van der Waals surface area contributed by atoms with Crippen LogP contribution in [0.15, 0.2) is 59.6 Å². The molecule has 156 valence electrons. The highest BCUT2D eigenvalue weighted by molar-refractivity contribution is 7.89. The number of nitrogens with zero attached hydrogens (tertiary/aromatic N) is 3. The smallest absolute Gasteiger partial charge is 0.278 e. The Hall–Kier alpha value is -2.72. The van der Waals surface area contributed by atoms with Crippen molar-refractivity contribution >= 4 is 27.5 Å². The van der Waals surface area contributed by atoms with Crippen molar-refractivity contribution in [3.05, 3.63) is 65.3 Å². The zero-order valence-electron chi connectivity index (χ0n) is 15.7. The van der Waals surface area contributed by atoms with Crippen molar-refractivity contribution < 1.29 is 23.1 Å². The normalized spacial score (nSPS) is 15.2. The largest absolute Gasteiger partial charge is 0.507 e. The first-order valence-electron chi connectivity index (χ1n) is 9.13. The van der Waals surface area contributed by atoms with Crippen LogP contribution >= 0.6 is 11.6 Å². The first-order valence-corrected chi connectivity index (χ1v) is 11.0. The highest BCUT2D eigenvalue weighted by atomic mass is 35.5. The average Bonchev–Trinajstić information content (AvgIpc) is 3.25. The third-order valence-electron chi connectivity index (χ3n) is 4.72. The van der Waals surface area contributed by atoms with Crippen LogP contribution in [0, 0.1) is 0 Å². The summed E-state index contributed by atoms with van der Waals surface area (Å²) in [6.45, 7) is 1.22. The molecule has 1 aromatic heterocycles. The number of phenolic OH excluding ortho intramolecular Hbond substituents is 1. The van der Waals surface area contributed by atoms with Crippen molar-refractivity contribution in [2.24, 2.45) is 0 Å². The predicted octanol–water partition coefficient (Wildman–Crippen LogP) is 2.62. The van der Waals surface area contributed by atoms with Crippen molar-refractivity contribution in [2.75, 3.05) is 26.3 Å². The number of aromatic nitrogens is 2. The number of carbonyl (C=O) groups excluding carboxylic acids is 1. The van der Waals surface area contributed by atoms with E-state index >= 15 is 0 Å². The number of benzene rings is 2. The van der Waals surface area contributed by atoms with Crippen LogP contribution in [0.4, 0.5) is 0 Å². The van der Waals surface area contributed by atoms with Gasteiger partial charge >= 0.3 is 0 Å². The van der Waals surface area contributed by atoms with Crippen LogP contribution in [0.3, 0.4) is 0 Å². The molecule has 0 amide bonds. The summed E-state index contributed by atoms with van der Waals surface area (Å²) in [5, 5.41) is 14.7. The number of hydrogen-bond acceptors (Lipinski definition) is 6. The molecule has 8 nitrogen and oxygen atoms in total. The van der Waals surface area contributed by atoms with Crippen molar-refractivity contribution in [3.8, 4) is 17.0 Å². The lowest BCUT2D eigenvalue weighted by molar-refractivity contribution is 0.0730. The molecule has 0 aliphatic carbocycles. The molecule has 0 bridgehead atoms. The molecule has 4 rings (SSSR count). The molecule has 0 radical (unpaired) electrons. The second kappa shape index (κ2) is 8.19. The molecule has 1 aliphatic rings. The summed E-state index contributed by atoms with van der Waals surface area (Å²) >= 11 is 5.97. The number of sulfonamides is 1. The summed E-state index contributed by atoms with van der Waals surface area (Å²) in [5.41, 5.74) is 0.924. The molecule has 0 saturated carbocycles. The highest BCUT2D eigenvalue weighted by Gasteiger charge is 2.27. The Morgan fingerprint density at radius 2 is 1.87 bits per heavy atom. The third kappa shape index (κ3) is 3.97. The van der Waals surface area contributed by atoms with E-state index in [9.17, 15) is 18.3 Å². The van der Waals surface area contributed by atoms with Crippen LogP contribution in [0.25, 0.3) is 11.3 Å². The zero-order chi connectivity index (χ0) is 21.3. The van der Waals surface area contributed by atoms with Gasteiger partial charge in [-0.15, -0.1) is 0 Å². The molecule has 2 heterocycles. The summed E-state index contributed by atoms with van der Waals surface area (Å²) in [7, 11) is -3.72. The van der Waals surface area contributed by atoms with Gasteiger partial charge in [-0.05, 0) is 42.5 Å². The topological polar surface area (TPSA) is 102 Å². The summed E-state index contributed by atoms with van der Waals surface area (Å²) in [4.78, 5) is 12.9. The van der Waals surface area contributed by atoms with E-state index in [1.165, 1.54) is 40.8 Å². The quantitative estimate of drug-likeness (QED) is 0.659. The van der Waals surface area contributed by atoms with Crippen molar-refractivity contribution in [3.63, 3.8) is 0 Å². The summed E-state index contributed by atoms with van der Waals surface area (Å²) in [6.07, 6.45) is 1.45. The number of ether oxygens (including phenoxy) is 1. The molecule has 1 aliphatic heterocycles. The number of morpholine rings is 1. The fourth-order valence-electron chi connectivity index (χ4n) is 3.15. The van der Waals surface area contributed by atoms with Gasteiger partial charge in [0, 0.05) is 35.4 Å². The molecule has 30 heavy (non-hydrogen) atoms. The number of carbonyl (C=O) groups is 1. The maximum atomic E-state index is 12.9. The van der Waals surface area contributed by atoms with E-state index in [2.05, 4.69) is 5.10 Å². The van der Waals surface area contributed by atoms with Crippen LogP contribution in [-0.2, 0) is 14.8 Å². The van der Waals surface area contributed by atoms with Crippen molar-refractivity contribution in [1.29, 1.82) is 0 Å². The van der Waals surface area contributed by atoms with Crippen LogP contribution in [-0.4, -0.2) is 59.8 Å². The van der Waals surface area contributed by atoms with Crippen molar-refractivity contribution in [2.45, 2.75) is 4.90 Å². The molecule has 1 saturated heterocycles. The maximum absolute atomic E-state index is 12.9. The standard InChI is InChI=1S/C20H18ClN3O5S/c21-15-4-5-19(25)17(13-15)18-6-7-24(22-18)20(26)14-2-1-3-16(12-14)30(27,28)23-8-10-29-11-9-23/h1-7,12-13,25H,8-11H2. The summed E-state index contributed by atoms with van der Waals surface area (Å²) in [6, 6.07) is 11.9. The summed E-state index contributed by atoms with van der Waals surface area (Å²) < 4.78 is 33.3. The molecule has 1 N–H and O–H groups in total. The van der Waals surface area contributed by atoms with Crippen LogP contribution in [0.2, 0.25) is 5.02 Å². The van der Waals surface area contributed by atoms with E-state index in [-0.39, 0.29) is 29.3 Å². The number of hydrogen-bond donors (Lipinski definition) is 1. The van der Waals surface area contributed by atoms with Crippen LogP contribution in [0.1, 0.15) is 10.4 Å². The van der Waals surface area contributed by atoms with Crippen LogP contribution in [0.5, 0.6) is 5.75 Å². The first-order chi connectivity index (χ1) is 14.4. The first kappa shape index (κ1) is 20.5. The monoisotopic (exact) mass is 447 g/mol. The van der Waals surface area contributed by atoms with E-state index in [1.807, 2.05) is 0 Å². The summed E-state index contributed by atoms with van der Waals surface area (Å²) in [5.74, 6) is -0.516. The zero-order valence-corrected chi connectivity index (χ0v) is 17.3. The number of halogens is 1. The third-order valence-corrected chi connectivity index (χ3v) is 6.85. The Labute approximate surface area is 178 Å². The van der Waals surface area contributed by atoms with Gasteiger partial charge in [-0.2, -0.15) is 9.40 Å². The minimum absolute atomic E-state index is 0.0179.